The van der Waals surface area contributed by atoms with Crippen LogP contribution in [0.1, 0.15) is 6.92 Å². The largest absolute Gasteiger partial charge is 0.442 e. The molecular weight excluding hydrogens is 457 g/mol. The zero-order valence-electron chi connectivity index (χ0n) is 17.9. The topological polar surface area (TPSA) is 101 Å². The second-order valence-corrected chi connectivity index (χ2v) is 10.5. The Bertz CT molecular complexity index is 1070. The van der Waals surface area contributed by atoms with Crippen LogP contribution in [0, 0.1) is 11.6 Å². The van der Waals surface area contributed by atoms with Crippen LogP contribution < -0.4 is 19.6 Å². The number of pyridine rings is 1. The number of hydrogen-bond acceptors (Lipinski definition) is 7. The summed E-state index contributed by atoms with van der Waals surface area (Å²) in [6.45, 7) is 1.79. The second-order valence-electron chi connectivity index (χ2n) is 7.84. The number of carbonyl (C=O) groups excluding carboxylic acids is 2. The van der Waals surface area contributed by atoms with Gasteiger partial charge in [0.2, 0.25) is 5.91 Å². The van der Waals surface area contributed by atoms with Crippen molar-refractivity contribution in [1.29, 1.82) is 0 Å². The number of aromatic nitrogens is 1. The van der Waals surface area contributed by atoms with Crippen molar-refractivity contribution in [2.45, 2.75) is 13.0 Å². The predicted octanol–water partition coefficient (Wildman–Crippen LogP) is 3.00. The summed E-state index contributed by atoms with van der Waals surface area (Å²) in [5.41, 5.74) is -0.222. The molecule has 0 aliphatic carbocycles. The molecule has 0 spiro atoms. The lowest BCUT2D eigenvalue weighted by molar-refractivity contribution is -0.119. The van der Waals surface area contributed by atoms with Crippen LogP contribution in [-0.2, 0) is 14.1 Å². The minimum absolute atomic E-state index is 0.0201. The lowest BCUT2D eigenvalue weighted by Crippen LogP contribution is -2.37. The summed E-state index contributed by atoms with van der Waals surface area (Å²) in [5.74, 6) is -1.56. The first-order valence-electron chi connectivity index (χ1n) is 10.4. The fourth-order valence-corrected chi connectivity index (χ4v) is 5.77. The van der Waals surface area contributed by atoms with Gasteiger partial charge in [0, 0.05) is 38.3 Å². The van der Waals surface area contributed by atoms with Crippen LogP contribution in [0.5, 0.6) is 5.75 Å². The van der Waals surface area contributed by atoms with Gasteiger partial charge in [-0.15, -0.1) is 0 Å². The number of amides is 2. The van der Waals surface area contributed by atoms with Gasteiger partial charge >= 0.3 is 6.09 Å². The van der Waals surface area contributed by atoms with Crippen molar-refractivity contribution in [3.8, 4) is 5.75 Å². The second kappa shape index (κ2) is 9.35. The third-order valence-corrected chi connectivity index (χ3v) is 7.72. The molecule has 2 saturated heterocycles. The lowest BCUT2D eigenvalue weighted by atomic mass is 10.2. The minimum atomic E-state index is -3.00. The number of benzene rings is 1. The first kappa shape index (κ1) is 23.0. The summed E-state index contributed by atoms with van der Waals surface area (Å²) < 4.78 is 53.6. The van der Waals surface area contributed by atoms with Crippen LogP contribution in [-0.4, -0.2) is 61.6 Å². The van der Waals surface area contributed by atoms with Gasteiger partial charge in [-0.1, -0.05) is 0 Å². The van der Waals surface area contributed by atoms with Gasteiger partial charge in [0.1, 0.15) is 17.5 Å². The zero-order valence-corrected chi connectivity index (χ0v) is 18.8. The number of halogens is 2. The number of ether oxygens (including phenoxy) is 1. The molecule has 3 heterocycles. The van der Waals surface area contributed by atoms with E-state index < -0.39 is 31.2 Å². The van der Waals surface area contributed by atoms with Crippen LogP contribution in [0.2, 0.25) is 0 Å². The Hall–Kier alpha value is -3.20. The molecule has 176 valence electrons. The van der Waals surface area contributed by atoms with E-state index in [2.05, 4.69) is 10.3 Å². The fourth-order valence-electron chi connectivity index (χ4n) is 3.78. The van der Waals surface area contributed by atoms with Crippen molar-refractivity contribution < 1.29 is 32.2 Å². The quantitative estimate of drug-likeness (QED) is 0.635. The normalized spacial score (nSPS) is 19.8. The maximum Gasteiger partial charge on any atom is 0.414 e. The van der Waals surface area contributed by atoms with Gasteiger partial charge < -0.3 is 19.5 Å². The summed E-state index contributed by atoms with van der Waals surface area (Å²) >= 11 is 0. The Labute approximate surface area is 189 Å². The standard InChI is InChI=1S/C21H23F2N4O5P/c1-14(28)25-12-17-13-27(21(29)31-17)15-9-18(22)20(19(23)10-15)26-5-7-33(30,8-6-26)32-16-3-2-4-24-11-16/h2-4,9-11,17H,5-8,12-13H2,1H3,(H,25,28)/t17-/m0/s1. The molecule has 4 rings (SSSR count). The SMILES string of the molecule is CC(=O)NC[C@H]1CN(c2cc(F)c(N3CCP(=O)(Oc4cccnc4)CC3)c(F)c2)C(=O)O1. The Kier molecular flexibility index (Phi) is 6.51. The number of cyclic esters (lactones) is 1. The van der Waals surface area contributed by atoms with E-state index in [-0.39, 0.29) is 55.8 Å². The number of carbonyl (C=O) groups is 2. The molecule has 33 heavy (non-hydrogen) atoms. The van der Waals surface area contributed by atoms with E-state index in [1.807, 2.05) is 0 Å². The molecule has 12 heteroatoms. The average molecular weight is 480 g/mol. The Morgan fingerprint density at radius 2 is 2.00 bits per heavy atom. The van der Waals surface area contributed by atoms with Crippen LogP contribution >= 0.6 is 7.37 Å². The fraction of sp³-hybridized carbons (Fsp3) is 0.381. The van der Waals surface area contributed by atoms with Gasteiger partial charge in [-0.2, -0.15) is 0 Å². The molecule has 2 aliphatic rings. The van der Waals surface area contributed by atoms with Crippen molar-refractivity contribution in [3.05, 3.63) is 48.3 Å². The summed E-state index contributed by atoms with van der Waals surface area (Å²) in [6.07, 6.45) is 1.93. The first-order chi connectivity index (χ1) is 15.7. The molecule has 2 aromatic rings. The molecule has 0 bridgehead atoms. The average Bonchev–Trinajstić information content (AvgIpc) is 3.14. The van der Waals surface area contributed by atoms with Crippen molar-refractivity contribution in [2.75, 3.05) is 48.3 Å². The van der Waals surface area contributed by atoms with Gasteiger partial charge in [-0.05, 0) is 12.1 Å². The van der Waals surface area contributed by atoms with Gasteiger partial charge in [-0.25, -0.2) is 13.6 Å². The molecule has 1 aromatic carbocycles. The highest BCUT2D eigenvalue weighted by Crippen LogP contribution is 2.49. The highest BCUT2D eigenvalue weighted by atomic mass is 31.2. The van der Waals surface area contributed by atoms with Crippen molar-refractivity contribution >= 4 is 30.7 Å². The van der Waals surface area contributed by atoms with Crippen LogP contribution in [0.25, 0.3) is 0 Å². The smallest absolute Gasteiger partial charge is 0.414 e. The Balaban J connectivity index is 1.43. The maximum absolute atomic E-state index is 14.9. The van der Waals surface area contributed by atoms with E-state index in [1.165, 1.54) is 18.0 Å². The molecule has 2 amide bonds. The monoisotopic (exact) mass is 480 g/mol. The zero-order chi connectivity index (χ0) is 23.6. The summed E-state index contributed by atoms with van der Waals surface area (Å²) in [7, 11) is -3.00. The minimum Gasteiger partial charge on any atom is -0.442 e. The number of nitrogens with zero attached hydrogens (tertiary/aromatic N) is 3. The lowest BCUT2D eigenvalue weighted by Gasteiger charge is -2.34. The van der Waals surface area contributed by atoms with Crippen LogP contribution in [0.15, 0.2) is 36.7 Å². The molecule has 9 nitrogen and oxygen atoms in total. The Morgan fingerprint density at radius 1 is 1.30 bits per heavy atom. The molecular formula is C21H23F2N4O5P. The van der Waals surface area contributed by atoms with E-state index in [9.17, 15) is 22.9 Å². The van der Waals surface area contributed by atoms with Crippen LogP contribution in [0.4, 0.5) is 25.0 Å². The highest BCUT2D eigenvalue weighted by molar-refractivity contribution is 7.59. The molecule has 2 aliphatic heterocycles. The summed E-state index contributed by atoms with van der Waals surface area (Å²) in [6, 6.07) is 5.46. The van der Waals surface area contributed by atoms with Gasteiger partial charge in [0.05, 0.1) is 37.3 Å². The molecule has 1 aromatic heterocycles. The van der Waals surface area contributed by atoms with Gasteiger partial charge in [-0.3, -0.25) is 19.2 Å². The predicted molar refractivity (Wildman–Crippen MR) is 117 cm³/mol. The van der Waals surface area contributed by atoms with Crippen LogP contribution in [0.3, 0.4) is 0 Å². The first-order valence-corrected chi connectivity index (χ1v) is 12.4. The van der Waals surface area contributed by atoms with Crippen molar-refractivity contribution in [3.63, 3.8) is 0 Å². The summed E-state index contributed by atoms with van der Waals surface area (Å²) in [4.78, 5) is 29.7. The Morgan fingerprint density at radius 3 is 2.61 bits per heavy atom. The van der Waals surface area contributed by atoms with Gasteiger partial charge in [0.15, 0.2) is 11.6 Å². The third-order valence-electron chi connectivity index (χ3n) is 5.41. The number of rotatable bonds is 6. The highest BCUT2D eigenvalue weighted by Gasteiger charge is 2.36. The molecule has 1 N–H and O–H groups in total. The van der Waals surface area contributed by atoms with Gasteiger partial charge in [0.25, 0.3) is 7.37 Å². The molecule has 1 atom stereocenters. The van der Waals surface area contributed by atoms with E-state index in [1.54, 1.807) is 18.3 Å². The maximum atomic E-state index is 14.9. The van der Waals surface area contributed by atoms with Crippen molar-refractivity contribution in [2.24, 2.45) is 0 Å². The number of anilines is 2. The number of hydrogen-bond donors (Lipinski definition) is 1. The molecule has 0 unspecified atom stereocenters. The third kappa shape index (κ3) is 5.24. The summed E-state index contributed by atoms with van der Waals surface area (Å²) in [5, 5.41) is 2.54. The molecule has 2 fully saturated rings. The van der Waals surface area contributed by atoms with Crippen molar-refractivity contribution in [1.82, 2.24) is 10.3 Å². The molecule has 0 radical (unpaired) electrons. The van der Waals surface area contributed by atoms with E-state index in [0.29, 0.717) is 5.75 Å². The molecule has 0 saturated carbocycles. The van der Waals surface area contributed by atoms with E-state index in [0.717, 1.165) is 17.0 Å². The number of nitrogens with one attached hydrogen (secondary N) is 1. The van der Waals surface area contributed by atoms with E-state index >= 15 is 0 Å². The van der Waals surface area contributed by atoms with E-state index in [4.69, 9.17) is 9.26 Å².